The Kier molecular flexibility index (Phi) is 5.26. The summed E-state index contributed by atoms with van der Waals surface area (Å²) in [6.07, 6.45) is 2.23. The second kappa shape index (κ2) is 6.48. The van der Waals surface area contributed by atoms with Crippen LogP contribution in [0.2, 0.25) is 0 Å². The number of hydrogen-bond acceptors (Lipinski definition) is 3. The van der Waals surface area contributed by atoms with Gasteiger partial charge in [0.2, 0.25) is 0 Å². The fourth-order valence-corrected chi connectivity index (χ4v) is 1.86. The van der Waals surface area contributed by atoms with Crippen LogP contribution in [-0.4, -0.2) is 23.2 Å². The molecule has 0 unspecified atom stereocenters. The van der Waals surface area contributed by atoms with Crippen LogP contribution in [0.3, 0.4) is 0 Å². The Balaban J connectivity index is 2.93. The van der Waals surface area contributed by atoms with Crippen LogP contribution in [0, 0.1) is 6.92 Å². The lowest BCUT2D eigenvalue weighted by Crippen LogP contribution is -2.26. The second-order valence-electron chi connectivity index (χ2n) is 4.12. The molecule has 0 saturated carbocycles. The highest BCUT2D eigenvalue weighted by Crippen LogP contribution is 2.15. The first-order valence-corrected chi connectivity index (χ1v) is 6.04. The second-order valence-corrected chi connectivity index (χ2v) is 4.12. The highest BCUT2D eigenvalue weighted by molar-refractivity contribution is 5.42. The van der Waals surface area contributed by atoms with Gasteiger partial charge in [-0.05, 0) is 37.5 Å². The minimum absolute atomic E-state index is 0.0858. The van der Waals surface area contributed by atoms with Gasteiger partial charge in [0.1, 0.15) is 5.82 Å². The Morgan fingerprint density at radius 1 is 1.19 bits per heavy atom. The maximum Gasteiger partial charge on any atom is 0.129 e. The van der Waals surface area contributed by atoms with Crippen molar-refractivity contribution in [2.45, 2.75) is 40.2 Å². The van der Waals surface area contributed by atoms with Gasteiger partial charge >= 0.3 is 0 Å². The van der Waals surface area contributed by atoms with Gasteiger partial charge in [0.25, 0.3) is 0 Å². The van der Waals surface area contributed by atoms with E-state index in [9.17, 15) is 5.11 Å². The van der Waals surface area contributed by atoms with Crippen molar-refractivity contribution in [1.29, 1.82) is 0 Å². The summed E-state index contributed by atoms with van der Waals surface area (Å²) < 4.78 is 0. The largest absolute Gasteiger partial charge is 0.392 e. The SMILES string of the molecule is CCCN(CCC)c1cc(CO)cc(C)n1. The van der Waals surface area contributed by atoms with Crippen LogP contribution in [0.15, 0.2) is 12.1 Å². The molecule has 16 heavy (non-hydrogen) atoms. The van der Waals surface area contributed by atoms with Gasteiger partial charge in [-0.25, -0.2) is 4.98 Å². The predicted octanol–water partition coefficient (Wildman–Crippen LogP) is 2.51. The third-order valence-corrected chi connectivity index (χ3v) is 2.49. The molecule has 1 heterocycles. The van der Waals surface area contributed by atoms with Crippen LogP contribution in [0.25, 0.3) is 0 Å². The monoisotopic (exact) mass is 222 g/mol. The fraction of sp³-hybridized carbons (Fsp3) is 0.615. The van der Waals surface area contributed by atoms with Gasteiger partial charge in [-0.3, -0.25) is 0 Å². The van der Waals surface area contributed by atoms with E-state index in [-0.39, 0.29) is 6.61 Å². The molecule has 0 radical (unpaired) electrons. The molecular weight excluding hydrogens is 200 g/mol. The van der Waals surface area contributed by atoms with Gasteiger partial charge in [-0.15, -0.1) is 0 Å². The molecule has 0 bridgehead atoms. The lowest BCUT2D eigenvalue weighted by Gasteiger charge is -2.23. The zero-order valence-electron chi connectivity index (χ0n) is 10.5. The summed E-state index contributed by atoms with van der Waals surface area (Å²) in [6.45, 7) is 8.45. The molecule has 0 aliphatic carbocycles. The molecular formula is C13H22N2O. The maximum atomic E-state index is 9.18. The van der Waals surface area contributed by atoms with Gasteiger partial charge in [-0.1, -0.05) is 13.8 Å². The van der Waals surface area contributed by atoms with E-state index in [0.29, 0.717) is 0 Å². The molecule has 0 aliphatic rings. The van der Waals surface area contributed by atoms with Crippen molar-refractivity contribution in [3.05, 3.63) is 23.4 Å². The fourth-order valence-electron chi connectivity index (χ4n) is 1.86. The quantitative estimate of drug-likeness (QED) is 0.803. The molecule has 1 N–H and O–H groups in total. The minimum Gasteiger partial charge on any atom is -0.392 e. The number of anilines is 1. The van der Waals surface area contributed by atoms with Crippen molar-refractivity contribution in [2.24, 2.45) is 0 Å². The topological polar surface area (TPSA) is 36.4 Å². The highest BCUT2D eigenvalue weighted by atomic mass is 16.3. The summed E-state index contributed by atoms with van der Waals surface area (Å²) in [5.41, 5.74) is 1.92. The van der Waals surface area contributed by atoms with Crippen LogP contribution >= 0.6 is 0 Å². The Hall–Kier alpha value is -1.09. The lowest BCUT2D eigenvalue weighted by atomic mass is 10.2. The summed E-state index contributed by atoms with van der Waals surface area (Å²) in [4.78, 5) is 6.82. The Labute approximate surface area is 98.1 Å². The minimum atomic E-state index is 0.0858. The number of pyridine rings is 1. The maximum absolute atomic E-state index is 9.18. The van der Waals surface area contributed by atoms with Crippen molar-refractivity contribution in [1.82, 2.24) is 4.98 Å². The van der Waals surface area contributed by atoms with Crippen LogP contribution in [0.5, 0.6) is 0 Å². The normalized spacial score (nSPS) is 10.5. The first kappa shape index (κ1) is 13.0. The molecule has 1 aromatic rings. The van der Waals surface area contributed by atoms with E-state index in [2.05, 4.69) is 23.7 Å². The number of aryl methyl sites for hydroxylation is 1. The standard InChI is InChI=1S/C13H22N2O/c1-4-6-15(7-5-2)13-9-12(10-16)8-11(3)14-13/h8-9,16H,4-7,10H2,1-3H3. The average molecular weight is 222 g/mol. The van der Waals surface area contributed by atoms with Crippen LogP contribution in [-0.2, 0) is 6.61 Å². The summed E-state index contributed by atoms with van der Waals surface area (Å²) >= 11 is 0. The summed E-state index contributed by atoms with van der Waals surface area (Å²) in [5, 5.41) is 9.18. The first-order valence-electron chi connectivity index (χ1n) is 6.04. The molecule has 1 rings (SSSR count). The van der Waals surface area contributed by atoms with Gasteiger partial charge in [0, 0.05) is 18.8 Å². The van der Waals surface area contributed by atoms with Crippen LogP contribution in [0.4, 0.5) is 5.82 Å². The number of aliphatic hydroxyl groups is 1. The Morgan fingerprint density at radius 2 is 1.81 bits per heavy atom. The van der Waals surface area contributed by atoms with Crippen molar-refractivity contribution in [3.8, 4) is 0 Å². The van der Waals surface area contributed by atoms with E-state index in [1.807, 2.05) is 19.1 Å². The number of aliphatic hydroxyl groups excluding tert-OH is 1. The van der Waals surface area contributed by atoms with E-state index in [4.69, 9.17) is 0 Å². The Bertz CT molecular complexity index is 320. The van der Waals surface area contributed by atoms with Crippen molar-refractivity contribution in [3.63, 3.8) is 0 Å². The van der Waals surface area contributed by atoms with Crippen molar-refractivity contribution >= 4 is 5.82 Å². The van der Waals surface area contributed by atoms with Crippen molar-refractivity contribution < 1.29 is 5.11 Å². The molecule has 0 saturated heterocycles. The molecule has 0 spiro atoms. The number of hydrogen-bond donors (Lipinski definition) is 1. The van der Waals surface area contributed by atoms with Gasteiger partial charge in [0.15, 0.2) is 0 Å². The highest BCUT2D eigenvalue weighted by Gasteiger charge is 2.07. The molecule has 0 fully saturated rings. The average Bonchev–Trinajstić information content (AvgIpc) is 2.28. The molecule has 1 aromatic heterocycles. The van der Waals surface area contributed by atoms with Crippen molar-refractivity contribution in [2.75, 3.05) is 18.0 Å². The Morgan fingerprint density at radius 3 is 2.31 bits per heavy atom. The zero-order valence-corrected chi connectivity index (χ0v) is 10.5. The first-order chi connectivity index (χ1) is 7.71. The predicted molar refractivity (Wildman–Crippen MR) is 67.7 cm³/mol. The number of rotatable bonds is 6. The molecule has 0 aliphatic heterocycles. The smallest absolute Gasteiger partial charge is 0.129 e. The lowest BCUT2D eigenvalue weighted by molar-refractivity contribution is 0.281. The third kappa shape index (κ3) is 3.49. The van der Waals surface area contributed by atoms with Crippen LogP contribution < -0.4 is 4.90 Å². The van der Waals surface area contributed by atoms with E-state index in [0.717, 1.165) is 43.0 Å². The molecule has 0 atom stereocenters. The summed E-state index contributed by atoms with van der Waals surface area (Å²) in [7, 11) is 0. The van der Waals surface area contributed by atoms with Gasteiger partial charge < -0.3 is 10.0 Å². The van der Waals surface area contributed by atoms with Crippen LogP contribution in [0.1, 0.15) is 37.9 Å². The van der Waals surface area contributed by atoms with E-state index < -0.39 is 0 Å². The molecule has 90 valence electrons. The summed E-state index contributed by atoms with van der Waals surface area (Å²) in [5.74, 6) is 0.993. The number of nitrogens with zero attached hydrogens (tertiary/aromatic N) is 2. The van der Waals surface area contributed by atoms with Gasteiger partial charge in [-0.2, -0.15) is 0 Å². The molecule has 3 heteroatoms. The van der Waals surface area contributed by atoms with E-state index in [1.54, 1.807) is 0 Å². The molecule has 0 amide bonds. The molecule has 3 nitrogen and oxygen atoms in total. The van der Waals surface area contributed by atoms with E-state index in [1.165, 1.54) is 0 Å². The third-order valence-electron chi connectivity index (χ3n) is 2.49. The molecule has 0 aromatic carbocycles. The van der Waals surface area contributed by atoms with Gasteiger partial charge in [0.05, 0.1) is 6.61 Å². The van der Waals surface area contributed by atoms with E-state index >= 15 is 0 Å². The zero-order chi connectivity index (χ0) is 12.0. The summed E-state index contributed by atoms with van der Waals surface area (Å²) in [6, 6.07) is 3.91. The number of aromatic nitrogens is 1.